The van der Waals surface area contributed by atoms with Crippen molar-refractivity contribution in [2.24, 2.45) is 0 Å². The van der Waals surface area contributed by atoms with E-state index in [-0.39, 0.29) is 17.6 Å². The maximum atomic E-state index is 14.0. The molecule has 4 N–H and O–H groups in total. The lowest BCUT2D eigenvalue weighted by Crippen LogP contribution is -2.41. The average Bonchev–Trinajstić information content (AvgIpc) is 3.55. The molecule has 33 heavy (non-hydrogen) atoms. The highest BCUT2D eigenvalue weighted by Crippen LogP contribution is 2.30. The van der Waals surface area contributed by atoms with E-state index >= 15 is 0 Å². The van der Waals surface area contributed by atoms with Gasteiger partial charge in [-0.1, -0.05) is 11.3 Å². The van der Waals surface area contributed by atoms with Gasteiger partial charge in [-0.2, -0.15) is 0 Å². The molecule has 4 aromatic rings. The summed E-state index contributed by atoms with van der Waals surface area (Å²) in [4.78, 5) is 29.9. The number of hydrogen-bond donors (Lipinski definition) is 4. The van der Waals surface area contributed by atoms with Crippen LogP contribution in [0.15, 0.2) is 43.1 Å². The Hall–Kier alpha value is -3.48. The van der Waals surface area contributed by atoms with E-state index in [1.165, 1.54) is 23.6 Å². The van der Waals surface area contributed by atoms with E-state index in [0.29, 0.717) is 41.9 Å². The summed E-state index contributed by atoms with van der Waals surface area (Å²) in [6, 6.07) is 4.40. The maximum absolute atomic E-state index is 14.0. The number of fused-ring (bicyclic) bond motifs is 1. The summed E-state index contributed by atoms with van der Waals surface area (Å²) in [7, 11) is 0. The molecule has 0 aromatic carbocycles. The molecule has 4 aromatic heterocycles. The number of aliphatic hydroxyl groups is 1. The van der Waals surface area contributed by atoms with Gasteiger partial charge in [0.25, 0.3) is 0 Å². The van der Waals surface area contributed by atoms with Crippen LogP contribution in [-0.2, 0) is 11.3 Å². The van der Waals surface area contributed by atoms with Crippen LogP contribution >= 0.6 is 11.3 Å². The van der Waals surface area contributed by atoms with Gasteiger partial charge in [-0.3, -0.25) is 9.78 Å². The number of rotatable bonds is 7. The molecule has 1 aliphatic heterocycles. The van der Waals surface area contributed by atoms with Crippen LogP contribution < -0.4 is 16.0 Å². The van der Waals surface area contributed by atoms with Crippen LogP contribution in [0.25, 0.3) is 21.6 Å². The first-order valence-corrected chi connectivity index (χ1v) is 11.2. The van der Waals surface area contributed by atoms with E-state index in [9.17, 15) is 14.3 Å². The summed E-state index contributed by atoms with van der Waals surface area (Å²) >= 11 is 1.28. The second-order valence-corrected chi connectivity index (χ2v) is 8.66. The van der Waals surface area contributed by atoms with Gasteiger partial charge < -0.3 is 25.6 Å². The summed E-state index contributed by atoms with van der Waals surface area (Å²) in [6.07, 6.45) is 6.41. The lowest BCUT2D eigenvalue weighted by Gasteiger charge is -2.11. The van der Waals surface area contributed by atoms with E-state index in [4.69, 9.17) is 0 Å². The van der Waals surface area contributed by atoms with Crippen molar-refractivity contribution >= 4 is 39.2 Å². The highest BCUT2D eigenvalue weighted by Gasteiger charge is 2.27. The van der Waals surface area contributed by atoms with Gasteiger partial charge in [-0.05, 0) is 18.6 Å². The number of nitrogens with zero attached hydrogens (tertiary/aromatic N) is 5. The molecule has 0 aliphatic carbocycles. The van der Waals surface area contributed by atoms with Crippen molar-refractivity contribution in [3.05, 3.63) is 48.9 Å². The number of aliphatic hydroxyl groups excluding tert-OH is 1. The summed E-state index contributed by atoms with van der Waals surface area (Å²) in [5.74, 6) is 0.0480. The Bertz CT molecular complexity index is 1290. The van der Waals surface area contributed by atoms with Crippen LogP contribution in [-0.4, -0.2) is 60.8 Å². The third-order valence-corrected chi connectivity index (χ3v) is 6.24. The summed E-state index contributed by atoms with van der Waals surface area (Å²) in [6.45, 7) is 1.39. The number of anilines is 2. The third kappa shape index (κ3) is 4.67. The Morgan fingerprint density at radius 3 is 3.03 bits per heavy atom. The Kier molecular flexibility index (Phi) is 5.94. The number of imidazole rings is 1. The normalized spacial score (nSPS) is 18.0. The number of β-amino-alcohol motifs (C(OH)–C–C–N with tert-alkyl or cyclic N) is 1. The third-order valence-electron chi connectivity index (χ3n) is 5.32. The summed E-state index contributed by atoms with van der Waals surface area (Å²) in [5, 5.41) is 19.1. The number of amides is 1. The summed E-state index contributed by atoms with van der Waals surface area (Å²) in [5.41, 5.74) is 1.83. The number of carbonyl (C=O) groups is 1. The number of carbonyl (C=O) groups excluding carboxylic acids is 1. The van der Waals surface area contributed by atoms with Crippen molar-refractivity contribution < 1.29 is 14.3 Å². The minimum Gasteiger partial charge on any atom is -0.392 e. The lowest BCUT2D eigenvalue weighted by atomic mass is 10.2. The zero-order valence-electron chi connectivity index (χ0n) is 17.4. The van der Waals surface area contributed by atoms with Crippen molar-refractivity contribution in [3.8, 4) is 10.6 Å². The molecule has 1 aliphatic rings. The second-order valence-electron chi connectivity index (χ2n) is 7.63. The molecule has 0 spiro atoms. The van der Waals surface area contributed by atoms with Gasteiger partial charge in [0.1, 0.15) is 22.8 Å². The monoisotopic (exact) mass is 468 g/mol. The molecule has 10 nitrogen and oxygen atoms in total. The fourth-order valence-electron chi connectivity index (χ4n) is 3.67. The molecule has 2 atom stereocenters. The van der Waals surface area contributed by atoms with Crippen LogP contribution in [0.1, 0.15) is 6.42 Å². The predicted molar refractivity (Wildman–Crippen MR) is 122 cm³/mol. The number of hydrogen-bond acceptors (Lipinski definition) is 9. The molecule has 1 amide bonds. The molecule has 1 fully saturated rings. The first kappa shape index (κ1) is 21.4. The van der Waals surface area contributed by atoms with E-state index in [1.807, 2.05) is 10.6 Å². The van der Waals surface area contributed by atoms with Gasteiger partial charge in [0, 0.05) is 38.1 Å². The van der Waals surface area contributed by atoms with E-state index in [2.05, 4.69) is 35.9 Å². The van der Waals surface area contributed by atoms with Gasteiger partial charge in [0.05, 0.1) is 35.1 Å². The first-order chi connectivity index (χ1) is 16.1. The van der Waals surface area contributed by atoms with Gasteiger partial charge in [-0.15, -0.1) is 0 Å². The molecule has 0 radical (unpaired) electrons. The highest BCUT2D eigenvalue weighted by atomic mass is 32.1. The van der Waals surface area contributed by atoms with E-state index in [1.54, 1.807) is 24.8 Å². The van der Waals surface area contributed by atoms with Crippen LogP contribution in [0.4, 0.5) is 15.3 Å². The molecule has 170 valence electrons. The highest BCUT2D eigenvalue weighted by molar-refractivity contribution is 7.18. The van der Waals surface area contributed by atoms with Crippen LogP contribution in [0.2, 0.25) is 0 Å². The molecule has 5 heterocycles. The zero-order chi connectivity index (χ0) is 22.8. The fraction of sp³-hybridized carbons (Fsp3) is 0.286. The number of nitrogens with one attached hydrogen (secondary N) is 3. The van der Waals surface area contributed by atoms with Crippen molar-refractivity contribution in [1.82, 2.24) is 35.1 Å². The first-order valence-electron chi connectivity index (χ1n) is 10.4. The molecular formula is C21H21FN8O2S. The topological polar surface area (TPSA) is 130 Å². The largest absolute Gasteiger partial charge is 0.392 e. The minimum absolute atomic E-state index is 0.121. The van der Waals surface area contributed by atoms with Crippen molar-refractivity contribution in [2.45, 2.75) is 25.1 Å². The van der Waals surface area contributed by atoms with Crippen molar-refractivity contribution in [2.75, 3.05) is 18.4 Å². The molecule has 12 heteroatoms. The van der Waals surface area contributed by atoms with Gasteiger partial charge in [-0.25, -0.2) is 19.3 Å². The SMILES string of the molecule is O=C(NCCn1cnc2cnc(Nc3ncc(-c4ncccc4F)s3)cc21)[C@@H]1C[C@@H](O)CN1. The Morgan fingerprint density at radius 2 is 2.21 bits per heavy atom. The van der Waals surface area contributed by atoms with Crippen LogP contribution in [0.5, 0.6) is 0 Å². The van der Waals surface area contributed by atoms with E-state index in [0.717, 1.165) is 11.0 Å². The predicted octanol–water partition coefficient (Wildman–Crippen LogP) is 1.67. The molecule has 5 rings (SSSR count). The van der Waals surface area contributed by atoms with Crippen LogP contribution in [0, 0.1) is 5.82 Å². The lowest BCUT2D eigenvalue weighted by molar-refractivity contribution is -0.122. The van der Waals surface area contributed by atoms with Gasteiger partial charge in [0.2, 0.25) is 5.91 Å². The second kappa shape index (κ2) is 9.17. The maximum Gasteiger partial charge on any atom is 0.237 e. The number of pyridine rings is 2. The van der Waals surface area contributed by atoms with Crippen molar-refractivity contribution in [1.29, 1.82) is 0 Å². The number of thiazole rings is 1. The standard InChI is InChI=1S/C21H21FN8O2S/c22-13-2-1-3-23-19(13)17-10-27-21(33-17)29-18-7-16-15(9-26-18)28-11-30(16)5-4-24-20(32)14-6-12(31)8-25-14/h1-3,7,9-12,14,25,31H,4-6,8H2,(H,24,32)(H,26,27,29)/t12-,14+/m1/s1. The quantitative estimate of drug-likeness (QED) is 0.322. The fourth-order valence-corrected chi connectivity index (χ4v) is 4.49. The number of halogens is 1. The van der Waals surface area contributed by atoms with E-state index < -0.39 is 11.9 Å². The Balaban J connectivity index is 1.25. The Morgan fingerprint density at radius 1 is 1.30 bits per heavy atom. The van der Waals surface area contributed by atoms with Gasteiger partial charge >= 0.3 is 0 Å². The average molecular weight is 469 g/mol. The summed E-state index contributed by atoms with van der Waals surface area (Å²) < 4.78 is 15.9. The smallest absolute Gasteiger partial charge is 0.237 e. The Labute approximate surface area is 191 Å². The zero-order valence-corrected chi connectivity index (χ0v) is 18.2. The van der Waals surface area contributed by atoms with Crippen LogP contribution in [0.3, 0.4) is 0 Å². The molecule has 0 saturated carbocycles. The molecule has 0 unspecified atom stereocenters. The number of aromatic nitrogens is 5. The minimum atomic E-state index is -0.478. The molecule has 0 bridgehead atoms. The molecule has 1 saturated heterocycles. The van der Waals surface area contributed by atoms with Gasteiger partial charge in [0.15, 0.2) is 5.13 Å². The molecular weight excluding hydrogens is 447 g/mol. The van der Waals surface area contributed by atoms with Crippen molar-refractivity contribution in [3.63, 3.8) is 0 Å².